The van der Waals surface area contributed by atoms with Gasteiger partial charge in [-0.05, 0) is 49.2 Å². The Kier molecular flexibility index (Phi) is 5.90. The summed E-state index contributed by atoms with van der Waals surface area (Å²) < 4.78 is 14.2. The van der Waals surface area contributed by atoms with Gasteiger partial charge in [0, 0.05) is 23.2 Å². The third-order valence-corrected chi connectivity index (χ3v) is 4.73. The first-order valence-electron chi connectivity index (χ1n) is 7.69. The van der Waals surface area contributed by atoms with Gasteiger partial charge in [-0.15, -0.1) is 24.8 Å². The summed E-state index contributed by atoms with van der Waals surface area (Å²) in [4.78, 5) is 0. The molecule has 0 bridgehead atoms. The van der Waals surface area contributed by atoms with Crippen LogP contribution in [0.25, 0.3) is 11.1 Å². The molecule has 2 aromatic carbocycles. The zero-order valence-electron chi connectivity index (χ0n) is 12.7. The molecule has 4 rings (SSSR count). The Balaban J connectivity index is 0.000000960. The number of benzene rings is 2. The van der Waals surface area contributed by atoms with E-state index in [1.54, 1.807) is 12.1 Å². The van der Waals surface area contributed by atoms with Crippen molar-refractivity contribution in [1.82, 2.24) is 5.32 Å². The number of halogens is 3. The first kappa shape index (κ1) is 18.1. The Morgan fingerprint density at radius 2 is 1.61 bits per heavy atom. The van der Waals surface area contributed by atoms with Crippen LogP contribution < -0.4 is 10.6 Å². The van der Waals surface area contributed by atoms with Crippen LogP contribution >= 0.6 is 24.8 Å². The van der Waals surface area contributed by atoms with Gasteiger partial charge in [0.15, 0.2) is 0 Å². The van der Waals surface area contributed by atoms with Crippen molar-refractivity contribution in [3.05, 3.63) is 53.8 Å². The van der Waals surface area contributed by atoms with E-state index in [-0.39, 0.29) is 30.6 Å². The lowest BCUT2D eigenvalue weighted by molar-refractivity contribution is 0.578. The largest absolute Gasteiger partial charge is 0.381 e. The first-order valence-corrected chi connectivity index (χ1v) is 7.69. The molecule has 2 aliphatic rings. The number of nitrogens with one attached hydrogen (secondary N) is 2. The van der Waals surface area contributed by atoms with Gasteiger partial charge in [-0.3, -0.25) is 0 Å². The summed E-state index contributed by atoms with van der Waals surface area (Å²) >= 11 is 0. The molecule has 0 radical (unpaired) electrons. The van der Waals surface area contributed by atoms with E-state index in [1.165, 1.54) is 11.3 Å². The van der Waals surface area contributed by atoms with E-state index in [4.69, 9.17) is 0 Å². The Labute approximate surface area is 148 Å². The van der Waals surface area contributed by atoms with Crippen molar-refractivity contribution in [2.75, 3.05) is 18.4 Å². The van der Waals surface area contributed by atoms with E-state index in [2.05, 4.69) is 22.8 Å². The van der Waals surface area contributed by atoms with Gasteiger partial charge in [-0.2, -0.15) is 0 Å². The number of hydrogen-bond acceptors (Lipinski definition) is 2. The molecule has 0 amide bonds. The van der Waals surface area contributed by atoms with Crippen LogP contribution in [0.15, 0.2) is 42.5 Å². The van der Waals surface area contributed by atoms with Crippen LogP contribution in [0.1, 0.15) is 24.3 Å². The fourth-order valence-electron chi connectivity index (χ4n) is 3.77. The van der Waals surface area contributed by atoms with Crippen LogP contribution in [0.3, 0.4) is 0 Å². The third-order valence-electron chi connectivity index (χ3n) is 4.73. The van der Waals surface area contributed by atoms with Crippen molar-refractivity contribution < 1.29 is 4.39 Å². The van der Waals surface area contributed by atoms with E-state index < -0.39 is 0 Å². The van der Waals surface area contributed by atoms with Gasteiger partial charge in [0.05, 0.1) is 0 Å². The van der Waals surface area contributed by atoms with E-state index in [9.17, 15) is 4.39 Å². The van der Waals surface area contributed by atoms with Crippen molar-refractivity contribution in [3.63, 3.8) is 0 Å². The lowest BCUT2D eigenvalue weighted by Crippen LogP contribution is -2.21. The lowest BCUT2D eigenvalue weighted by atomic mass is 9.86. The van der Waals surface area contributed by atoms with Gasteiger partial charge in [0.2, 0.25) is 0 Å². The average Bonchev–Trinajstić information content (AvgIpc) is 2.70. The van der Waals surface area contributed by atoms with Crippen molar-refractivity contribution in [1.29, 1.82) is 0 Å². The number of hydrogen-bond donors (Lipinski definition) is 2. The fourth-order valence-corrected chi connectivity index (χ4v) is 3.77. The van der Waals surface area contributed by atoms with Crippen molar-refractivity contribution in [2.24, 2.45) is 0 Å². The molecule has 23 heavy (non-hydrogen) atoms. The molecular formula is C18H21Cl2FN2. The minimum Gasteiger partial charge on any atom is -0.381 e. The average molecular weight is 355 g/mol. The van der Waals surface area contributed by atoms with Gasteiger partial charge >= 0.3 is 0 Å². The molecule has 2 nitrogen and oxygen atoms in total. The second kappa shape index (κ2) is 7.52. The minimum absolute atomic E-state index is 0. The summed E-state index contributed by atoms with van der Waals surface area (Å²) in [5.74, 6) is 0.340. The molecule has 2 aliphatic heterocycles. The molecule has 2 heterocycles. The molecule has 5 heteroatoms. The fraction of sp³-hybridized carbons (Fsp3) is 0.333. The SMILES string of the molecule is Cl.Cl.Fc1ccccc1-c1cccc2c1[C@@H]1CCNCCC1N2. The van der Waals surface area contributed by atoms with Crippen LogP contribution in [-0.2, 0) is 0 Å². The Bertz CT molecular complexity index is 678. The topological polar surface area (TPSA) is 24.1 Å². The molecule has 1 unspecified atom stereocenters. The summed E-state index contributed by atoms with van der Waals surface area (Å²) in [5, 5.41) is 7.11. The second-order valence-corrected chi connectivity index (χ2v) is 5.93. The number of fused-ring (bicyclic) bond motifs is 3. The molecule has 0 aliphatic carbocycles. The molecule has 2 N–H and O–H groups in total. The van der Waals surface area contributed by atoms with Gasteiger partial charge in [0.25, 0.3) is 0 Å². The molecular weight excluding hydrogens is 334 g/mol. The summed E-state index contributed by atoms with van der Waals surface area (Å²) in [6.07, 6.45) is 2.23. The molecule has 0 spiro atoms. The zero-order chi connectivity index (χ0) is 14.2. The molecule has 2 aromatic rings. The van der Waals surface area contributed by atoms with Crippen LogP contribution in [0.5, 0.6) is 0 Å². The molecule has 0 aromatic heterocycles. The monoisotopic (exact) mass is 354 g/mol. The van der Waals surface area contributed by atoms with Gasteiger partial charge in [0.1, 0.15) is 5.82 Å². The van der Waals surface area contributed by atoms with Gasteiger partial charge in [-0.25, -0.2) is 4.39 Å². The van der Waals surface area contributed by atoms with Crippen LogP contribution in [0.2, 0.25) is 0 Å². The standard InChI is InChI=1S/C18H19FN2.2ClH/c19-15-6-2-1-4-12(15)13-5-3-7-17-18(13)14-8-10-20-11-9-16(14)21-17;;/h1-7,14,16,20-21H,8-11H2;2*1H/t14-,16?;;/m1../s1. The van der Waals surface area contributed by atoms with Crippen LogP contribution in [-0.4, -0.2) is 19.1 Å². The van der Waals surface area contributed by atoms with Gasteiger partial charge in [-0.1, -0.05) is 30.3 Å². The second-order valence-electron chi connectivity index (χ2n) is 5.93. The molecule has 1 saturated heterocycles. The van der Waals surface area contributed by atoms with E-state index >= 15 is 0 Å². The first-order chi connectivity index (χ1) is 10.3. The normalized spacial score (nSPS) is 21.8. The highest BCUT2D eigenvalue weighted by atomic mass is 35.5. The number of rotatable bonds is 1. The zero-order valence-corrected chi connectivity index (χ0v) is 14.4. The van der Waals surface area contributed by atoms with Crippen LogP contribution in [0, 0.1) is 5.82 Å². The van der Waals surface area contributed by atoms with Crippen molar-refractivity contribution in [2.45, 2.75) is 24.8 Å². The lowest BCUT2D eigenvalue weighted by Gasteiger charge is -2.18. The summed E-state index contributed by atoms with van der Waals surface area (Å²) in [6.45, 7) is 2.09. The Morgan fingerprint density at radius 1 is 0.870 bits per heavy atom. The molecule has 0 saturated carbocycles. The van der Waals surface area contributed by atoms with E-state index in [1.807, 2.05) is 18.2 Å². The third kappa shape index (κ3) is 3.18. The quantitative estimate of drug-likeness (QED) is 0.781. The minimum atomic E-state index is -0.138. The Morgan fingerprint density at radius 3 is 2.43 bits per heavy atom. The summed E-state index contributed by atoms with van der Waals surface area (Å²) in [5.41, 5.74) is 4.26. The Hall–Kier alpha value is -1.29. The van der Waals surface area contributed by atoms with E-state index in [0.717, 1.165) is 31.5 Å². The van der Waals surface area contributed by atoms with Crippen LogP contribution in [0.4, 0.5) is 10.1 Å². The molecule has 124 valence electrons. The summed E-state index contributed by atoms with van der Waals surface area (Å²) in [6, 6.07) is 13.8. The van der Waals surface area contributed by atoms with Crippen molar-refractivity contribution >= 4 is 30.5 Å². The number of anilines is 1. The predicted molar refractivity (Wildman–Crippen MR) is 98.6 cm³/mol. The highest BCUT2D eigenvalue weighted by molar-refractivity contribution is 5.85. The predicted octanol–water partition coefficient (Wildman–Crippen LogP) is 4.60. The maximum atomic E-state index is 14.2. The molecule has 1 fully saturated rings. The molecule has 2 atom stereocenters. The van der Waals surface area contributed by atoms with Gasteiger partial charge < -0.3 is 10.6 Å². The highest BCUT2D eigenvalue weighted by Gasteiger charge is 2.34. The summed E-state index contributed by atoms with van der Waals surface area (Å²) in [7, 11) is 0. The maximum absolute atomic E-state index is 14.2. The highest BCUT2D eigenvalue weighted by Crippen LogP contribution is 2.45. The smallest absolute Gasteiger partial charge is 0.131 e. The maximum Gasteiger partial charge on any atom is 0.131 e. The van der Waals surface area contributed by atoms with Crippen molar-refractivity contribution in [3.8, 4) is 11.1 Å². The van der Waals surface area contributed by atoms with E-state index in [0.29, 0.717) is 17.5 Å².